The first-order valence-electron chi connectivity index (χ1n) is 6.30. The molecule has 0 bridgehead atoms. The maximum Gasteiger partial charge on any atom is 0.272 e. The summed E-state index contributed by atoms with van der Waals surface area (Å²) >= 11 is 0. The minimum absolute atomic E-state index is 0.0271. The average Bonchev–Trinajstić information content (AvgIpc) is 2.46. The molecule has 0 radical (unpaired) electrons. The number of hydrogen-bond donors (Lipinski definition) is 2. The van der Waals surface area contributed by atoms with Crippen molar-refractivity contribution in [1.29, 1.82) is 0 Å². The lowest BCUT2D eigenvalue weighted by Crippen LogP contribution is -2.38. The molecule has 0 aliphatic rings. The summed E-state index contributed by atoms with van der Waals surface area (Å²) in [5, 5.41) is 11.4. The van der Waals surface area contributed by atoms with Crippen LogP contribution in [0.15, 0.2) is 23.5 Å². The second kappa shape index (κ2) is 6.72. The summed E-state index contributed by atoms with van der Waals surface area (Å²) in [5.41, 5.74) is 6.28. The summed E-state index contributed by atoms with van der Waals surface area (Å²) in [7, 11) is 0. The normalized spacial score (nSPS) is 13.1. The standard InChI is InChI=1S/C13H20N4O2/c1-4-9(3)17(5-2)13(18)11-7-6-10(8-15-11)12(14)16-19/h6-9,19H,4-5H2,1-3H3,(H2,14,16). The van der Waals surface area contributed by atoms with Gasteiger partial charge in [-0.05, 0) is 32.4 Å². The Morgan fingerprint density at radius 3 is 2.63 bits per heavy atom. The fourth-order valence-electron chi connectivity index (χ4n) is 1.75. The fourth-order valence-corrected chi connectivity index (χ4v) is 1.75. The molecule has 3 N–H and O–H groups in total. The molecular weight excluding hydrogens is 244 g/mol. The van der Waals surface area contributed by atoms with Crippen molar-refractivity contribution in [2.24, 2.45) is 10.9 Å². The molecule has 19 heavy (non-hydrogen) atoms. The molecule has 0 fully saturated rings. The Bertz CT molecular complexity index is 456. The van der Waals surface area contributed by atoms with Crippen LogP contribution in [0.2, 0.25) is 0 Å². The van der Waals surface area contributed by atoms with Crippen LogP contribution < -0.4 is 5.73 Å². The third-order valence-corrected chi connectivity index (χ3v) is 3.11. The van der Waals surface area contributed by atoms with Crippen molar-refractivity contribution in [2.45, 2.75) is 33.2 Å². The van der Waals surface area contributed by atoms with E-state index in [9.17, 15) is 4.79 Å². The lowest BCUT2D eigenvalue weighted by Gasteiger charge is -2.26. The maximum absolute atomic E-state index is 12.3. The van der Waals surface area contributed by atoms with Crippen molar-refractivity contribution in [3.63, 3.8) is 0 Å². The van der Waals surface area contributed by atoms with E-state index in [1.807, 2.05) is 20.8 Å². The first-order valence-corrected chi connectivity index (χ1v) is 6.30. The molecule has 1 unspecified atom stereocenters. The monoisotopic (exact) mass is 264 g/mol. The Morgan fingerprint density at radius 2 is 2.21 bits per heavy atom. The van der Waals surface area contributed by atoms with E-state index in [4.69, 9.17) is 10.9 Å². The summed E-state index contributed by atoms with van der Waals surface area (Å²) in [6, 6.07) is 3.36. The molecule has 0 aromatic carbocycles. The molecule has 0 aliphatic heterocycles. The van der Waals surface area contributed by atoms with Crippen LogP contribution in [0.5, 0.6) is 0 Å². The van der Waals surface area contributed by atoms with Gasteiger partial charge in [0.15, 0.2) is 5.84 Å². The van der Waals surface area contributed by atoms with Gasteiger partial charge in [0.2, 0.25) is 0 Å². The molecule has 1 aromatic rings. The Morgan fingerprint density at radius 1 is 1.53 bits per heavy atom. The predicted octanol–water partition coefficient (Wildman–Crippen LogP) is 1.44. The number of pyridine rings is 1. The Balaban J connectivity index is 2.94. The number of aromatic nitrogens is 1. The van der Waals surface area contributed by atoms with E-state index in [1.54, 1.807) is 17.0 Å². The van der Waals surface area contributed by atoms with Gasteiger partial charge in [0.25, 0.3) is 5.91 Å². The van der Waals surface area contributed by atoms with Crippen LogP contribution in [0.4, 0.5) is 0 Å². The van der Waals surface area contributed by atoms with Crippen molar-refractivity contribution < 1.29 is 10.0 Å². The number of carbonyl (C=O) groups excluding carboxylic acids is 1. The Labute approximate surface area is 112 Å². The largest absolute Gasteiger partial charge is 0.409 e. The lowest BCUT2D eigenvalue weighted by atomic mass is 10.2. The van der Waals surface area contributed by atoms with E-state index in [2.05, 4.69) is 10.1 Å². The van der Waals surface area contributed by atoms with Crippen LogP contribution in [0.3, 0.4) is 0 Å². The van der Waals surface area contributed by atoms with E-state index in [0.29, 0.717) is 17.8 Å². The fraction of sp³-hybridized carbons (Fsp3) is 0.462. The average molecular weight is 264 g/mol. The van der Waals surface area contributed by atoms with Crippen molar-refractivity contribution >= 4 is 11.7 Å². The highest BCUT2D eigenvalue weighted by molar-refractivity contribution is 5.98. The van der Waals surface area contributed by atoms with E-state index >= 15 is 0 Å². The van der Waals surface area contributed by atoms with Crippen molar-refractivity contribution in [2.75, 3.05) is 6.54 Å². The second-order valence-electron chi connectivity index (χ2n) is 4.27. The highest BCUT2D eigenvalue weighted by Crippen LogP contribution is 2.09. The predicted molar refractivity (Wildman–Crippen MR) is 73.2 cm³/mol. The zero-order chi connectivity index (χ0) is 14.4. The van der Waals surface area contributed by atoms with E-state index in [0.717, 1.165) is 6.42 Å². The van der Waals surface area contributed by atoms with Gasteiger partial charge in [-0.3, -0.25) is 9.78 Å². The van der Waals surface area contributed by atoms with Crippen LogP contribution >= 0.6 is 0 Å². The van der Waals surface area contributed by atoms with Crippen LogP contribution in [-0.4, -0.2) is 39.4 Å². The molecule has 1 atom stereocenters. The van der Waals surface area contributed by atoms with E-state index in [-0.39, 0.29) is 17.8 Å². The molecule has 6 nitrogen and oxygen atoms in total. The molecule has 1 heterocycles. The summed E-state index contributed by atoms with van der Waals surface area (Å²) in [6.45, 7) is 6.62. The number of nitrogens with two attached hydrogens (primary N) is 1. The van der Waals surface area contributed by atoms with Gasteiger partial charge in [0.05, 0.1) is 0 Å². The first kappa shape index (κ1) is 14.9. The van der Waals surface area contributed by atoms with Gasteiger partial charge in [-0.15, -0.1) is 0 Å². The minimum Gasteiger partial charge on any atom is -0.409 e. The number of amides is 1. The van der Waals surface area contributed by atoms with Gasteiger partial charge in [0.1, 0.15) is 5.69 Å². The molecule has 1 rings (SSSR count). The van der Waals surface area contributed by atoms with Crippen LogP contribution in [0.1, 0.15) is 43.2 Å². The Kier molecular flexibility index (Phi) is 5.29. The molecule has 1 amide bonds. The lowest BCUT2D eigenvalue weighted by molar-refractivity contribution is 0.0694. The van der Waals surface area contributed by atoms with Crippen molar-refractivity contribution in [3.05, 3.63) is 29.6 Å². The number of oxime groups is 1. The van der Waals surface area contributed by atoms with Crippen molar-refractivity contribution in [1.82, 2.24) is 9.88 Å². The Hall–Kier alpha value is -2.11. The highest BCUT2D eigenvalue weighted by Gasteiger charge is 2.19. The highest BCUT2D eigenvalue weighted by atomic mass is 16.4. The molecule has 104 valence electrons. The first-order chi connectivity index (χ1) is 9.04. The molecule has 0 saturated carbocycles. The van der Waals surface area contributed by atoms with Gasteiger partial charge in [0, 0.05) is 24.3 Å². The zero-order valence-electron chi connectivity index (χ0n) is 11.5. The zero-order valence-corrected chi connectivity index (χ0v) is 11.5. The minimum atomic E-state index is -0.108. The van der Waals surface area contributed by atoms with Crippen LogP contribution in [0.25, 0.3) is 0 Å². The maximum atomic E-state index is 12.3. The third kappa shape index (κ3) is 3.43. The smallest absolute Gasteiger partial charge is 0.272 e. The van der Waals surface area contributed by atoms with Crippen LogP contribution in [-0.2, 0) is 0 Å². The molecule has 6 heteroatoms. The molecule has 1 aromatic heterocycles. The van der Waals surface area contributed by atoms with Gasteiger partial charge in [-0.25, -0.2) is 0 Å². The number of nitrogens with zero attached hydrogens (tertiary/aromatic N) is 3. The number of hydrogen-bond acceptors (Lipinski definition) is 4. The van der Waals surface area contributed by atoms with E-state index < -0.39 is 0 Å². The van der Waals surface area contributed by atoms with Gasteiger partial charge in [-0.2, -0.15) is 0 Å². The summed E-state index contributed by atoms with van der Waals surface area (Å²) in [6.07, 6.45) is 2.31. The number of amidine groups is 1. The van der Waals surface area contributed by atoms with Crippen molar-refractivity contribution in [3.8, 4) is 0 Å². The molecular formula is C13H20N4O2. The van der Waals surface area contributed by atoms with Crippen LogP contribution in [0, 0.1) is 0 Å². The summed E-state index contributed by atoms with van der Waals surface area (Å²) in [4.78, 5) is 18.1. The number of rotatable bonds is 5. The molecule has 0 saturated heterocycles. The van der Waals surface area contributed by atoms with E-state index in [1.165, 1.54) is 6.20 Å². The van der Waals surface area contributed by atoms with Gasteiger partial charge in [-0.1, -0.05) is 12.1 Å². The summed E-state index contributed by atoms with van der Waals surface area (Å²) in [5.74, 6) is -0.135. The molecule has 0 spiro atoms. The quantitative estimate of drug-likeness (QED) is 0.364. The topological polar surface area (TPSA) is 91.8 Å². The third-order valence-electron chi connectivity index (χ3n) is 3.11. The van der Waals surface area contributed by atoms with Gasteiger partial charge >= 0.3 is 0 Å². The molecule has 0 aliphatic carbocycles. The summed E-state index contributed by atoms with van der Waals surface area (Å²) < 4.78 is 0. The van der Waals surface area contributed by atoms with Gasteiger partial charge < -0.3 is 15.8 Å². The SMILES string of the molecule is CCC(C)N(CC)C(=O)c1ccc(C(N)=NO)cn1. The second-order valence-corrected chi connectivity index (χ2v) is 4.27. The number of carbonyl (C=O) groups is 1.